The Morgan fingerprint density at radius 3 is 2.81 bits per heavy atom. The number of hydrogen-bond acceptors (Lipinski definition) is 5. The van der Waals surface area contributed by atoms with Crippen molar-refractivity contribution in [3.63, 3.8) is 0 Å². The number of nitrogens with zero attached hydrogens (tertiary/aromatic N) is 2. The van der Waals surface area contributed by atoms with Crippen molar-refractivity contribution < 1.29 is 5.11 Å². The third kappa shape index (κ3) is 4.37. The minimum absolute atomic E-state index is 0.235. The molecule has 1 heterocycles. The normalized spacial score (nSPS) is 10.4. The molecule has 0 saturated carbocycles. The summed E-state index contributed by atoms with van der Waals surface area (Å²) in [5.41, 5.74) is 0. The van der Waals surface area contributed by atoms with Gasteiger partial charge in [0.15, 0.2) is 0 Å². The third-order valence-electron chi connectivity index (χ3n) is 1.98. The first-order chi connectivity index (χ1) is 7.80. The minimum atomic E-state index is 0.235. The maximum absolute atomic E-state index is 8.73. The van der Waals surface area contributed by atoms with Crippen LogP contribution in [-0.4, -0.2) is 34.0 Å². The molecule has 0 bridgehead atoms. The second-order valence-corrected chi connectivity index (χ2v) is 4.43. The van der Waals surface area contributed by atoms with Gasteiger partial charge in [-0.25, -0.2) is 9.97 Å². The van der Waals surface area contributed by atoms with E-state index in [1.807, 2.05) is 19.9 Å². The van der Waals surface area contributed by atoms with Crippen LogP contribution in [0.15, 0.2) is 11.1 Å². The molecule has 1 rings (SSSR count). The summed E-state index contributed by atoms with van der Waals surface area (Å²) in [6.45, 7) is 5.19. The number of aromatic nitrogens is 2. The van der Waals surface area contributed by atoms with Gasteiger partial charge in [-0.05, 0) is 13.3 Å². The standard InChI is InChI=1S/C11H19N3OS/c1-3-9-13-10(12-4-2)8-11(14-9)16-7-5-6-15/h8,15H,3-7H2,1-2H3,(H,12,13,14). The zero-order valence-electron chi connectivity index (χ0n) is 9.86. The molecule has 0 aliphatic carbocycles. The summed E-state index contributed by atoms with van der Waals surface area (Å²) in [7, 11) is 0. The van der Waals surface area contributed by atoms with E-state index < -0.39 is 0 Å². The Kier molecular flexibility index (Phi) is 6.18. The van der Waals surface area contributed by atoms with E-state index in [1.165, 1.54) is 0 Å². The molecule has 16 heavy (non-hydrogen) atoms. The van der Waals surface area contributed by atoms with Crippen LogP contribution >= 0.6 is 11.8 Å². The highest BCUT2D eigenvalue weighted by atomic mass is 32.2. The molecular formula is C11H19N3OS. The topological polar surface area (TPSA) is 58.0 Å². The molecule has 0 spiro atoms. The van der Waals surface area contributed by atoms with Crippen molar-refractivity contribution in [1.82, 2.24) is 9.97 Å². The molecule has 1 aromatic rings. The summed E-state index contributed by atoms with van der Waals surface area (Å²) in [4.78, 5) is 8.82. The van der Waals surface area contributed by atoms with Crippen molar-refractivity contribution in [2.24, 2.45) is 0 Å². The van der Waals surface area contributed by atoms with E-state index in [-0.39, 0.29) is 6.61 Å². The molecule has 1 aromatic heterocycles. The lowest BCUT2D eigenvalue weighted by molar-refractivity contribution is 0.296. The van der Waals surface area contributed by atoms with E-state index in [4.69, 9.17) is 5.11 Å². The Balaban J connectivity index is 2.69. The van der Waals surface area contributed by atoms with Crippen molar-refractivity contribution >= 4 is 17.6 Å². The zero-order valence-corrected chi connectivity index (χ0v) is 10.7. The SMILES string of the molecule is CCNc1cc(SCCCO)nc(CC)n1. The first-order valence-corrected chi connectivity index (χ1v) is 6.64. The number of hydrogen-bond donors (Lipinski definition) is 2. The molecule has 0 aliphatic heterocycles. The van der Waals surface area contributed by atoms with Crippen LogP contribution in [-0.2, 0) is 6.42 Å². The van der Waals surface area contributed by atoms with Gasteiger partial charge in [-0.15, -0.1) is 11.8 Å². The Hall–Kier alpha value is -0.810. The largest absolute Gasteiger partial charge is 0.396 e. The summed E-state index contributed by atoms with van der Waals surface area (Å²) in [5, 5.41) is 12.9. The van der Waals surface area contributed by atoms with E-state index >= 15 is 0 Å². The van der Waals surface area contributed by atoms with Crippen molar-refractivity contribution in [2.75, 3.05) is 24.2 Å². The fourth-order valence-electron chi connectivity index (χ4n) is 1.22. The summed E-state index contributed by atoms with van der Waals surface area (Å²) in [6.07, 6.45) is 1.64. The first-order valence-electron chi connectivity index (χ1n) is 5.65. The molecule has 4 nitrogen and oxygen atoms in total. The quantitative estimate of drug-likeness (QED) is 0.434. The Labute approximate surface area is 101 Å². The lowest BCUT2D eigenvalue weighted by Gasteiger charge is -2.07. The van der Waals surface area contributed by atoms with Crippen LogP contribution in [0.5, 0.6) is 0 Å². The molecule has 0 aliphatic rings. The predicted octanol–water partition coefficient (Wildman–Crippen LogP) is 1.95. The number of aliphatic hydroxyl groups excluding tert-OH is 1. The van der Waals surface area contributed by atoms with Crippen LogP contribution in [0.3, 0.4) is 0 Å². The monoisotopic (exact) mass is 241 g/mol. The van der Waals surface area contributed by atoms with E-state index in [0.29, 0.717) is 0 Å². The van der Waals surface area contributed by atoms with E-state index in [9.17, 15) is 0 Å². The lowest BCUT2D eigenvalue weighted by Crippen LogP contribution is -2.04. The number of aryl methyl sites for hydroxylation is 1. The average Bonchev–Trinajstić information content (AvgIpc) is 2.29. The molecule has 0 fully saturated rings. The van der Waals surface area contributed by atoms with Crippen LogP contribution in [0, 0.1) is 0 Å². The highest BCUT2D eigenvalue weighted by molar-refractivity contribution is 7.99. The van der Waals surface area contributed by atoms with Gasteiger partial charge in [0.05, 0.1) is 0 Å². The van der Waals surface area contributed by atoms with Crippen LogP contribution in [0.25, 0.3) is 0 Å². The van der Waals surface area contributed by atoms with Crippen LogP contribution in [0.4, 0.5) is 5.82 Å². The van der Waals surface area contributed by atoms with Crippen molar-refractivity contribution in [1.29, 1.82) is 0 Å². The second kappa shape index (κ2) is 7.46. The summed E-state index contributed by atoms with van der Waals surface area (Å²) >= 11 is 1.66. The molecule has 0 amide bonds. The molecule has 0 saturated heterocycles. The smallest absolute Gasteiger partial charge is 0.131 e. The van der Waals surface area contributed by atoms with Crippen LogP contribution in [0.1, 0.15) is 26.1 Å². The number of anilines is 1. The van der Waals surface area contributed by atoms with Gasteiger partial charge in [0.1, 0.15) is 16.7 Å². The Morgan fingerprint density at radius 2 is 2.19 bits per heavy atom. The number of aliphatic hydroxyl groups is 1. The van der Waals surface area contributed by atoms with E-state index in [2.05, 4.69) is 15.3 Å². The summed E-state index contributed by atoms with van der Waals surface area (Å²) in [5.74, 6) is 2.65. The highest BCUT2D eigenvalue weighted by Gasteiger charge is 2.03. The van der Waals surface area contributed by atoms with Gasteiger partial charge in [0, 0.05) is 31.4 Å². The number of rotatable bonds is 7. The fourth-order valence-corrected chi connectivity index (χ4v) is 2.07. The van der Waals surface area contributed by atoms with E-state index in [0.717, 1.165) is 41.8 Å². The first kappa shape index (κ1) is 13.3. The molecule has 2 N–H and O–H groups in total. The molecule has 0 atom stereocenters. The fraction of sp³-hybridized carbons (Fsp3) is 0.636. The van der Waals surface area contributed by atoms with Gasteiger partial charge < -0.3 is 10.4 Å². The molecule has 0 radical (unpaired) electrons. The maximum Gasteiger partial charge on any atom is 0.131 e. The van der Waals surface area contributed by atoms with Crippen molar-refractivity contribution in [3.05, 3.63) is 11.9 Å². The number of nitrogens with one attached hydrogen (secondary N) is 1. The minimum Gasteiger partial charge on any atom is -0.396 e. The van der Waals surface area contributed by atoms with E-state index in [1.54, 1.807) is 11.8 Å². The summed E-state index contributed by atoms with van der Waals surface area (Å²) in [6, 6.07) is 1.96. The average molecular weight is 241 g/mol. The van der Waals surface area contributed by atoms with Crippen LogP contribution in [0.2, 0.25) is 0 Å². The summed E-state index contributed by atoms with van der Waals surface area (Å²) < 4.78 is 0. The molecule has 90 valence electrons. The van der Waals surface area contributed by atoms with Gasteiger partial charge in [-0.1, -0.05) is 6.92 Å². The van der Waals surface area contributed by atoms with Gasteiger partial charge >= 0.3 is 0 Å². The van der Waals surface area contributed by atoms with Gasteiger partial charge in [0.25, 0.3) is 0 Å². The lowest BCUT2D eigenvalue weighted by atomic mass is 10.4. The highest BCUT2D eigenvalue weighted by Crippen LogP contribution is 2.19. The third-order valence-corrected chi connectivity index (χ3v) is 2.97. The Morgan fingerprint density at radius 1 is 1.38 bits per heavy atom. The van der Waals surface area contributed by atoms with Crippen molar-refractivity contribution in [3.8, 4) is 0 Å². The van der Waals surface area contributed by atoms with Crippen molar-refractivity contribution in [2.45, 2.75) is 31.7 Å². The zero-order chi connectivity index (χ0) is 11.8. The molecule has 5 heteroatoms. The van der Waals surface area contributed by atoms with Gasteiger partial charge in [-0.3, -0.25) is 0 Å². The maximum atomic E-state index is 8.73. The second-order valence-electron chi connectivity index (χ2n) is 3.32. The number of thioether (sulfide) groups is 1. The van der Waals surface area contributed by atoms with Gasteiger partial charge in [-0.2, -0.15) is 0 Å². The van der Waals surface area contributed by atoms with Gasteiger partial charge in [0.2, 0.25) is 0 Å². The molecule has 0 aromatic carbocycles. The Bertz CT molecular complexity index is 320. The molecule has 0 unspecified atom stereocenters. The molecular weight excluding hydrogens is 222 g/mol. The van der Waals surface area contributed by atoms with Crippen LogP contribution < -0.4 is 5.32 Å². The predicted molar refractivity (Wildman–Crippen MR) is 68.0 cm³/mol.